The number of carbonyl (C=O) groups excluding carboxylic acids is 3. The highest BCUT2D eigenvalue weighted by atomic mass is 32.2. The number of carboxylic acid groups (broad SMARTS) is 1. The average Bonchev–Trinajstić information content (AvgIpc) is 2.85. The first-order valence-corrected chi connectivity index (χ1v) is 13.8. The Morgan fingerprint density at radius 2 is 1.54 bits per heavy atom. The van der Waals surface area contributed by atoms with Crippen LogP contribution >= 0.6 is 11.8 Å². The number of amides is 3. The van der Waals surface area contributed by atoms with E-state index in [4.69, 9.17) is 11.5 Å². The highest BCUT2D eigenvalue weighted by Gasteiger charge is 2.31. The van der Waals surface area contributed by atoms with Crippen LogP contribution in [-0.2, 0) is 25.6 Å². The predicted octanol–water partition coefficient (Wildman–Crippen LogP) is 0.339. The van der Waals surface area contributed by atoms with Gasteiger partial charge in [0, 0.05) is 0 Å². The van der Waals surface area contributed by atoms with E-state index in [0.717, 1.165) is 5.56 Å². The van der Waals surface area contributed by atoms with E-state index in [1.165, 1.54) is 23.9 Å². The maximum atomic E-state index is 13.1. The van der Waals surface area contributed by atoms with Gasteiger partial charge < -0.3 is 37.6 Å². The van der Waals surface area contributed by atoms with Crippen molar-refractivity contribution in [1.29, 1.82) is 0 Å². The van der Waals surface area contributed by atoms with Crippen LogP contribution in [0.1, 0.15) is 45.1 Å². The minimum Gasteiger partial charge on any atom is -0.508 e. The number of carbonyl (C=O) groups is 4. The third-order valence-electron chi connectivity index (χ3n) is 5.78. The molecule has 12 heteroatoms. The van der Waals surface area contributed by atoms with Crippen LogP contribution in [0.3, 0.4) is 0 Å². The zero-order valence-corrected chi connectivity index (χ0v) is 22.6. The molecule has 0 aromatic heterocycles. The van der Waals surface area contributed by atoms with Crippen LogP contribution in [0.25, 0.3) is 0 Å². The molecule has 0 saturated carbocycles. The number of phenols is 1. The van der Waals surface area contributed by atoms with Gasteiger partial charge in [-0.2, -0.15) is 11.8 Å². The van der Waals surface area contributed by atoms with Crippen molar-refractivity contribution >= 4 is 35.5 Å². The Morgan fingerprint density at radius 1 is 0.919 bits per heavy atom. The maximum absolute atomic E-state index is 13.1. The third-order valence-corrected chi connectivity index (χ3v) is 6.42. The summed E-state index contributed by atoms with van der Waals surface area (Å²) < 4.78 is 0. The molecule has 0 bridgehead atoms. The van der Waals surface area contributed by atoms with Gasteiger partial charge in [-0.15, -0.1) is 0 Å². The number of nitrogens with two attached hydrogens (primary N) is 2. The summed E-state index contributed by atoms with van der Waals surface area (Å²) in [6.45, 7) is 3.93. The maximum Gasteiger partial charge on any atom is 0.326 e. The molecule has 37 heavy (non-hydrogen) atoms. The molecule has 11 nitrogen and oxygen atoms in total. The molecule has 1 rings (SSSR count). The lowest BCUT2D eigenvalue weighted by Gasteiger charge is -2.27. The summed E-state index contributed by atoms with van der Waals surface area (Å²) in [6.07, 6.45) is 3.75. The Morgan fingerprint density at radius 3 is 2.08 bits per heavy atom. The fourth-order valence-electron chi connectivity index (χ4n) is 3.56. The fraction of sp³-hybridized carbons (Fsp3) is 0.600. The van der Waals surface area contributed by atoms with Gasteiger partial charge in [0.15, 0.2) is 0 Å². The summed E-state index contributed by atoms with van der Waals surface area (Å²) in [7, 11) is 0. The lowest BCUT2D eigenvalue weighted by atomic mass is 10.0. The second kappa shape index (κ2) is 16.8. The van der Waals surface area contributed by atoms with Crippen molar-refractivity contribution in [3.8, 4) is 5.75 Å². The van der Waals surface area contributed by atoms with Crippen LogP contribution in [0, 0.1) is 5.92 Å². The summed E-state index contributed by atoms with van der Waals surface area (Å²) in [6, 6.07) is 2.36. The molecule has 9 N–H and O–H groups in total. The summed E-state index contributed by atoms with van der Waals surface area (Å²) in [5.74, 6) is -2.50. The van der Waals surface area contributed by atoms with Gasteiger partial charge in [0.2, 0.25) is 17.7 Å². The molecular formula is C25H41N5O6S. The number of rotatable bonds is 17. The molecule has 4 unspecified atom stereocenters. The summed E-state index contributed by atoms with van der Waals surface area (Å²) in [4.78, 5) is 50.4. The molecule has 0 radical (unpaired) electrons. The van der Waals surface area contributed by atoms with Crippen molar-refractivity contribution < 1.29 is 29.4 Å². The molecule has 0 aliphatic heterocycles. The Labute approximate surface area is 222 Å². The van der Waals surface area contributed by atoms with Crippen molar-refractivity contribution in [1.82, 2.24) is 16.0 Å². The summed E-state index contributed by atoms with van der Waals surface area (Å²) >= 11 is 1.48. The molecule has 0 heterocycles. The van der Waals surface area contributed by atoms with Gasteiger partial charge in [0.05, 0.1) is 6.04 Å². The van der Waals surface area contributed by atoms with Crippen LogP contribution in [0.2, 0.25) is 0 Å². The van der Waals surface area contributed by atoms with E-state index in [9.17, 15) is 29.4 Å². The van der Waals surface area contributed by atoms with Gasteiger partial charge in [-0.25, -0.2) is 4.79 Å². The van der Waals surface area contributed by atoms with Crippen LogP contribution in [0.15, 0.2) is 24.3 Å². The molecule has 0 aliphatic rings. The molecule has 0 spiro atoms. The minimum absolute atomic E-state index is 0.101. The lowest BCUT2D eigenvalue weighted by molar-refractivity contribution is -0.142. The first kappa shape index (κ1) is 32.2. The first-order chi connectivity index (χ1) is 17.5. The number of phenolic OH excluding ortho intramolecular Hbond substituents is 1. The highest BCUT2D eigenvalue weighted by molar-refractivity contribution is 7.98. The molecule has 208 valence electrons. The topological polar surface area (TPSA) is 197 Å². The Hall–Kier alpha value is -2.83. The lowest BCUT2D eigenvalue weighted by Crippen LogP contribution is -2.58. The molecule has 4 atom stereocenters. The molecule has 0 aliphatic carbocycles. The number of aliphatic carboxylic acids is 1. The van der Waals surface area contributed by atoms with Gasteiger partial charge in [-0.3, -0.25) is 14.4 Å². The van der Waals surface area contributed by atoms with E-state index in [2.05, 4.69) is 16.0 Å². The van der Waals surface area contributed by atoms with Gasteiger partial charge in [-0.05, 0) is 74.3 Å². The highest BCUT2D eigenvalue weighted by Crippen LogP contribution is 2.12. The standard InChI is InChI=1S/C25H41N5O6S/c1-15(2)21(30-22(32)18(27)14-16-7-9-17(31)10-8-16)24(34)28-19(11-13-37-3)23(33)29-20(25(35)36)6-4-5-12-26/h7-10,15,18-21,31H,4-6,11-14,26-27H2,1-3H3,(H,28,34)(H,29,33)(H,30,32)(H,35,36). The number of hydrogen-bond donors (Lipinski definition) is 7. The zero-order valence-electron chi connectivity index (χ0n) is 21.7. The minimum atomic E-state index is -1.16. The normalized spacial score (nSPS) is 14.3. The van der Waals surface area contributed by atoms with Crippen LogP contribution in [0.5, 0.6) is 5.75 Å². The van der Waals surface area contributed by atoms with Crippen molar-refractivity contribution in [3.05, 3.63) is 29.8 Å². The monoisotopic (exact) mass is 539 g/mol. The first-order valence-electron chi connectivity index (χ1n) is 12.4. The Kier molecular flexibility index (Phi) is 14.6. The Bertz CT molecular complexity index is 883. The van der Waals surface area contributed by atoms with E-state index < -0.39 is 47.9 Å². The SMILES string of the molecule is CSCCC(NC(=O)C(NC(=O)C(N)Cc1ccc(O)cc1)C(C)C)C(=O)NC(CCCCN)C(=O)O. The summed E-state index contributed by atoms with van der Waals surface area (Å²) in [5, 5.41) is 26.8. The van der Waals surface area contributed by atoms with Crippen LogP contribution in [-0.4, -0.2) is 76.6 Å². The van der Waals surface area contributed by atoms with E-state index >= 15 is 0 Å². The van der Waals surface area contributed by atoms with Gasteiger partial charge in [0.25, 0.3) is 0 Å². The van der Waals surface area contributed by atoms with E-state index in [1.54, 1.807) is 26.0 Å². The fourth-order valence-corrected chi connectivity index (χ4v) is 4.03. The molecule has 0 fully saturated rings. The van der Waals surface area contributed by atoms with Crippen molar-refractivity contribution in [2.24, 2.45) is 17.4 Å². The zero-order chi connectivity index (χ0) is 28.0. The number of nitrogens with one attached hydrogen (secondary N) is 3. The largest absolute Gasteiger partial charge is 0.508 e. The Balaban J connectivity index is 2.87. The molecular weight excluding hydrogens is 498 g/mol. The van der Waals surface area contributed by atoms with Gasteiger partial charge >= 0.3 is 5.97 Å². The molecule has 1 aromatic rings. The molecule has 0 saturated heterocycles. The van der Waals surface area contributed by atoms with Gasteiger partial charge in [0.1, 0.15) is 23.9 Å². The summed E-state index contributed by atoms with van der Waals surface area (Å²) in [5.41, 5.74) is 12.3. The van der Waals surface area contributed by atoms with Crippen LogP contribution < -0.4 is 27.4 Å². The van der Waals surface area contributed by atoms with Gasteiger partial charge in [-0.1, -0.05) is 26.0 Å². The van der Waals surface area contributed by atoms with E-state index in [1.807, 2.05) is 6.26 Å². The van der Waals surface area contributed by atoms with Crippen molar-refractivity contribution in [3.63, 3.8) is 0 Å². The van der Waals surface area contributed by atoms with Crippen molar-refractivity contribution in [2.75, 3.05) is 18.6 Å². The van der Waals surface area contributed by atoms with Crippen LogP contribution in [0.4, 0.5) is 0 Å². The number of thioether (sulfide) groups is 1. The quantitative estimate of drug-likeness (QED) is 0.136. The number of aromatic hydroxyl groups is 1. The molecule has 1 aromatic carbocycles. The number of benzene rings is 1. The number of carboxylic acids is 1. The molecule has 3 amide bonds. The number of unbranched alkanes of at least 4 members (excludes halogenated alkanes) is 1. The van der Waals surface area contributed by atoms with E-state index in [0.29, 0.717) is 25.1 Å². The number of hydrogen-bond acceptors (Lipinski definition) is 8. The second-order valence-corrected chi connectivity index (χ2v) is 10.2. The third kappa shape index (κ3) is 11.8. The van der Waals surface area contributed by atoms with Crippen molar-refractivity contribution in [2.45, 2.75) is 70.1 Å². The predicted molar refractivity (Wildman–Crippen MR) is 144 cm³/mol. The van der Waals surface area contributed by atoms with E-state index in [-0.39, 0.29) is 30.9 Å². The average molecular weight is 540 g/mol. The second-order valence-electron chi connectivity index (χ2n) is 9.23. The smallest absolute Gasteiger partial charge is 0.326 e.